The van der Waals surface area contributed by atoms with Crippen LogP contribution < -0.4 is 20.1 Å². The van der Waals surface area contributed by atoms with Crippen LogP contribution in [0.5, 0.6) is 11.5 Å². The second-order valence-electron chi connectivity index (χ2n) is 5.66. The van der Waals surface area contributed by atoms with E-state index in [1.165, 1.54) is 0 Å². The molecule has 0 fully saturated rings. The van der Waals surface area contributed by atoms with Gasteiger partial charge in [0, 0.05) is 24.9 Å². The van der Waals surface area contributed by atoms with Gasteiger partial charge < -0.3 is 20.1 Å². The number of guanidine groups is 1. The van der Waals surface area contributed by atoms with Crippen molar-refractivity contribution in [3.63, 3.8) is 0 Å². The van der Waals surface area contributed by atoms with E-state index < -0.39 is 0 Å². The van der Waals surface area contributed by atoms with E-state index in [1.54, 1.807) is 14.2 Å². The van der Waals surface area contributed by atoms with Gasteiger partial charge in [-0.25, -0.2) is 0 Å². The van der Waals surface area contributed by atoms with E-state index in [0.717, 1.165) is 29.6 Å². The van der Waals surface area contributed by atoms with Crippen molar-refractivity contribution in [3.8, 4) is 11.5 Å². The molecule has 5 nitrogen and oxygen atoms in total. The van der Waals surface area contributed by atoms with Crippen molar-refractivity contribution >= 4 is 41.7 Å². The summed E-state index contributed by atoms with van der Waals surface area (Å²) in [5, 5.41) is 6.68. The van der Waals surface area contributed by atoms with Crippen LogP contribution in [-0.4, -0.2) is 44.3 Å². The first-order valence-corrected chi connectivity index (χ1v) is 8.97. The monoisotopic (exact) mass is 467 g/mol. The van der Waals surface area contributed by atoms with Gasteiger partial charge in [-0.3, -0.25) is 4.99 Å². The summed E-state index contributed by atoms with van der Waals surface area (Å²) in [5.41, 5.74) is 1.11. The first kappa shape index (κ1) is 23.2. The lowest BCUT2D eigenvalue weighted by atomic mass is 10.2. The van der Waals surface area contributed by atoms with Crippen LogP contribution in [0.15, 0.2) is 23.2 Å². The number of halogens is 1. The summed E-state index contributed by atoms with van der Waals surface area (Å²) in [5.74, 6) is 2.31. The minimum absolute atomic E-state index is 0. The minimum Gasteiger partial charge on any atom is -0.493 e. The number of hydrogen-bond acceptors (Lipinski definition) is 4. The molecule has 0 aromatic heterocycles. The molecular formula is C17H30IN3O2S. The summed E-state index contributed by atoms with van der Waals surface area (Å²) in [6.07, 6.45) is 2.12. The van der Waals surface area contributed by atoms with Gasteiger partial charge in [0.2, 0.25) is 0 Å². The smallest absolute Gasteiger partial charge is 0.191 e. The number of hydrogen-bond donors (Lipinski definition) is 2. The molecule has 0 unspecified atom stereocenters. The Balaban J connectivity index is 0.00000529. The quantitative estimate of drug-likeness (QED) is 0.348. The van der Waals surface area contributed by atoms with Gasteiger partial charge in [-0.2, -0.15) is 11.8 Å². The van der Waals surface area contributed by atoms with Crippen molar-refractivity contribution < 1.29 is 9.47 Å². The minimum atomic E-state index is 0. The molecule has 1 rings (SSSR count). The molecule has 0 aliphatic carbocycles. The fourth-order valence-corrected chi connectivity index (χ4v) is 2.09. The van der Waals surface area contributed by atoms with E-state index in [-0.39, 0.29) is 28.7 Å². The normalized spacial score (nSPS) is 11.5. The van der Waals surface area contributed by atoms with Gasteiger partial charge in [-0.05, 0) is 44.7 Å². The van der Waals surface area contributed by atoms with Crippen molar-refractivity contribution in [1.29, 1.82) is 0 Å². The lowest BCUT2D eigenvalue weighted by molar-refractivity contribution is 0.310. The highest BCUT2D eigenvalue weighted by molar-refractivity contribution is 14.0. The number of nitrogens with zero attached hydrogens (tertiary/aromatic N) is 1. The van der Waals surface area contributed by atoms with Crippen LogP contribution in [0.4, 0.5) is 0 Å². The van der Waals surface area contributed by atoms with Crippen LogP contribution in [0.1, 0.15) is 26.3 Å². The third-order valence-electron chi connectivity index (χ3n) is 3.45. The first-order chi connectivity index (χ1) is 11.0. The Morgan fingerprint density at radius 1 is 1.25 bits per heavy atom. The Hall–Kier alpha value is -0.830. The lowest BCUT2D eigenvalue weighted by Gasteiger charge is -2.23. The molecule has 0 amide bonds. The average Bonchev–Trinajstić information content (AvgIpc) is 2.55. The average molecular weight is 467 g/mol. The number of rotatable bonds is 8. The molecule has 0 saturated carbocycles. The number of methoxy groups -OCH3 is 1. The molecule has 0 aliphatic rings. The predicted octanol–water partition coefficient (Wildman–Crippen LogP) is 3.52. The highest BCUT2D eigenvalue weighted by Crippen LogP contribution is 2.28. The highest BCUT2D eigenvalue weighted by atomic mass is 127. The fourth-order valence-electron chi connectivity index (χ4n) is 1.87. The van der Waals surface area contributed by atoms with Crippen molar-refractivity contribution in [3.05, 3.63) is 23.8 Å². The van der Waals surface area contributed by atoms with E-state index in [2.05, 4.69) is 35.7 Å². The molecule has 2 N–H and O–H groups in total. The fraction of sp³-hybridized carbons (Fsp3) is 0.588. The number of ether oxygens (including phenoxy) is 2. The van der Waals surface area contributed by atoms with E-state index in [4.69, 9.17) is 9.47 Å². The van der Waals surface area contributed by atoms with E-state index in [1.807, 2.05) is 36.9 Å². The maximum atomic E-state index is 5.61. The Morgan fingerprint density at radius 3 is 2.50 bits per heavy atom. The molecule has 1 aromatic carbocycles. The Kier molecular flexibility index (Phi) is 11.3. The summed E-state index contributed by atoms with van der Waals surface area (Å²) >= 11 is 1.83. The number of aliphatic imine (C=N–C) groups is 1. The summed E-state index contributed by atoms with van der Waals surface area (Å²) in [7, 11) is 3.43. The Bertz CT molecular complexity index is 525. The van der Waals surface area contributed by atoms with Gasteiger partial charge in [0.1, 0.15) is 0 Å². The number of nitrogens with one attached hydrogen (secondary N) is 2. The topological polar surface area (TPSA) is 54.9 Å². The van der Waals surface area contributed by atoms with Crippen LogP contribution in [0.25, 0.3) is 0 Å². The summed E-state index contributed by atoms with van der Waals surface area (Å²) in [4.78, 5) is 4.26. The van der Waals surface area contributed by atoms with Crippen molar-refractivity contribution in [2.24, 2.45) is 4.99 Å². The molecule has 24 heavy (non-hydrogen) atoms. The van der Waals surface area contributed by atoms with E-state index in [9.17, 15) is 0 Å². The molecule has 0 radical (unpaired) electrons. The predicted molar refractivity (Wildman–Crippen MR) is 115 cm³/mol. The third kappa shape index (κ3) is 7.83. The third-order valence-corrected chi connectivity index (χ3v) is 4.70. The Morgan fingerprint density at radius 2 is 1.96 bits per heavy atom. The zero-order valence-corrected chi connectivity index (χ0v) is 18.6. The lowest BCUT2D eigenvalue weighted by Crippen LogP contribution is -2.42. The Labute approximate surface area is 167 Å². The standard InChI is InChI=1S/C17H29N3O2S.HI/c1-7-22-15-10-13(8-9-14(15)21-5)11-19-16(18-4)20-12-17(2,3)23-6;/h8-10H,7,11-12H2,1-6H3,(H2,18,19,20);1H. The molecule has 0 atom stereocenters. The maximum absolute atomic E-state index is 5.61. The van der Waals surface area contributed by atoms with Crippen LogP contribution in [0.3, 0.4) is 0 Å². The van der Waals surface area contributed by atoms with Gasteiger partial charge in [-0.1, -0.05) is 6.07 Å². The van der Waals surface area contributed by atoms with E-state index >= 15 is 0 Å². The van der Waals surface area contributed by atoms with Gasteiger partial charge in [0.15, 0.2) is 17.5 Å². The number of benzene rings is 1. The van der Waals surface area contributed by atoms with Crippen molar-refractivity contribution in [2.75, 3.05) is 33.6 Å². The first-order valence-electron chi connectivity index (χ1n) is 7.75. The largest absolute Gasteiger partial charge is 0.493 e. The summed E-state index contributed by atoms with van der Waals surface area (Å²) in [6, 6.07) is 5.94. The van der Waals surface area contributed by atoms with Gasteiger partial charge in [-0.15, -0.1) is 24.0 Å². The molecule has 1 aromatic rings. The molecule has 0 heterocycles. The molecule has 7 heteroatoms. The maximum Gasteiger partial charge on any atom is 0.191 e. The van der Waals surface area contributed by atoms with Gasteiger partial charge in [0.05, 0.1) is 13.7 Å². The zero-order chi connectivity index (χ0) is 17.3. The number of thioether (sulfide) groups is 1. The van der Waals surface area contributed by atoms with Gasteiger partial charge >= 0.3 is 0 Å². The SMILES string of the molecule is CCOc1cc(CNC(=NC)NCC(C)(C)SC)ccc1OC.I. The van der Waals surface area contributed by atoms with Crippen LogP contribution in [0.2, 0.25) is 0 Å². The molecule has 0 saturated heterocycles. The second-order valence-corrected chi connectivity index (χ2v) is 7.17. The molecule has 0 bridgehead atoms. The zero-order valence-electron chi connectivity index (χ0n) is 15.4. The molecule has 138 valence electrons. The van der Waals surface area contributed by atoms with Crippen molar-refractivity contribution in [1.82, 2.24) is 10.6 Å². The molecule has 0 aliphatic heterocycles. The molecular weight excluding hydrogens is 437 g/mol. The molecule has 0 spiro atoms. The van der Waals surface area contributed by atoms with E-state index in [0.29, 0.717) is 13.2 Å². The van der Waals surface area contributed by atoms with Crippen LogP contribution >= 0.6 is 35.7 Å². The van der Waals surface area contributed by atoms with Crippen molar-refractivity contribution in [2.45, 2.75) is 32.1 Å². The summed E-state index contributed by atoms with van der Waals surface area (Å²) in [6.45, 7) is 8.50. The van der Waals surface area contributed by atoms with Gasteiger partial charge in [0.25, 0.3) is 0 Å². The highest BCUT2D eigenvalue weighted by Gasteiger charge is 2.16. The second kappa shape index (κ2) is 11.7. The summed E-state index contributed by atoms with van der Waals surface area (Å²) < 4.78 is 11.1. The van der Waals surface area contributed by atoms with Crippen LogP contribution in [-0.2, 0) is 6.54 Å². The van der Waals surface area contributed by atoms with Crippen LogP contribution in [0, 0.1) is 0 Å².